The number of benzene rings is 4. The standard InChI is InChI=1S/C73H112O20/c1-17-77-72(75)68-22-18-64(19-23-68)67-28-32-71(33-29-67)93-73(76)69-24-20-65(21-25-69)66-26-30-70(31-27-66)92-63(16)48-91-62(15)47-90-61(14)46-89-60(13)45-88-59(12)44-87-58(11)43-86-57(10)42-85-56(9)41-84-55(8)40-83-54(7)39-82-53(6)38-81-52(5)37-80-51(4)36-79-50(3)35-78-49(2)34-74/h18-33,49-63,74H,17,34-48H2,1-16H3. The maximum atomic E-state index is 13.0. The Hall–Kier alpha value is -4.98. The number of carbonyl (C=O) groups is 2. The average Bonchev–Trinajstić information content (AvgIpc) is 1.01. The third kappa shape index (κ3) is 35.0. The molecule has 0 amide bonds. The second-order valence-corrected chi connectivity index (χ2v) is 24.4. The van der Waals surface area contributed by atoms with Gasteiger partial charge in [0.2, 0.25) is 0 Å². The van der Waals surface area contributed by atoms with E-state index in [0.717, 1.165) is 28.0 Å². The highest BCUT2D eigenvalue weighted by Crippen LogP contribution is 2.26. The lowest BCUT2D eigenvalue weighted by Gasteiger charge is -2.23. The van der Waals surface area contributed by atoms with Crippen LogP contribution < -0.4 is 9.47 Å². The van der Waals surface area contributed by atoms with Gasteiger partial charge in [0.05, 0.1) is 202 Å². The Morgan fingerprint density at radius 3 is 0.720 bits per heavy atom. The molecule has 0 heterocycles. The van der Waals surface area contributed by atoms with Gasteiger partial charge >= 0.3 is 11.9 Å². The first-order valence-electron chi connectivity index (χ1n) is 33.2. The maximum absolute atomic E-state index is 13.0. The Balaban J connectivity index is 0.959. The van der Waals surface area contributed by atoms with Crippen LogP contribution in [0.4, 0.5) is 0 Å². The van der Waals surface area contributed by atoms with Crippen LogP contribution in [0.1, 0.15) is 131 Å². The molecule has 0 radical (unpaired) electrons. The fraction of sp³-hybridized carbons (Fsp3) is 0.644. The maximum Gasteiger partial charge on any atom is 0.343 e. The van der Waals surface area contributed by atoms with Crippen LogP contribution in [-0.4, -0.2) is 214 Å². The van der Waals surface area contributed by atoms with Crippen molar-refractivity contribution in [1.29, 1.82) is 0 Å². The van der Waals surface area contributed by atoms with Crippen LogP contribution in [0, 0.1) is 0 Å². The molecule has 0 aliphatic rings. The number of carbonyl (C=O) groups excluding carboxylic acids is 2. The number of hydrogen-bond donors (Lipinski definition) is 1. The van der Waals surface area contributed by atoms with Gasteiger partial charge in [0.1, 0.15) is 17.6 Å². The summed E-state index contributed by atoms with van der Waals surface area (Å²) in [6.07, 6.45) is -2.00. The number of hydrogen-bond acceptors (Lipinski definition) is 20. The molecule has 0 spiro atoms. The lowest BCUT2D eigenvalue weighted by molar-refractivity contribution is -0.115. The van der Waals surface area contributed by atoms with E-state index in [1.807, 2.05) is 165 Å². The lowest BCUT2D eigenvalue weighted by Crippen LogP contribution is -2.31. The second-order valence-electron chi connectivity index (χ2n) is 24.4. The number of esters is 2. The van der Waals surface area contributed by atoms with Crippen molar-refractivity contribution in [3.63, 3.8) is 0 Å². The fourth-order valence-corrected chi connectivity index (χ4v) is 8.56. The van der Waals surface area contributed by atoms with Gasteiger partial charge in [-0.05, 0) is 182 Å². The molecule has 524 valence electrons. The monoisotopic (exact) mass is 1310 g/mol. The zero-order chi connectivity index (χ0) is 68.1. The molecule has 0 saturated carbocycles. The Morgan fingerprint density at radius 2 is 0.484 bits per heavy atom. The summed E-state index contributed by atoms with van der Waals surface area (Å²) in [6.45, 7) is 37.4. The van der Waals surface area contributed by atoms with Crippen LogP contribution in [0.25, 0.3) is 22.3 Å². The molecule has 0 aliphatic heterocycles. The van der Waals surface area contributed by atoms with Crippen molar-refractivity contribution >= 4 is 11.9 Å². The summed E-state index contributed by atoms with van der Waals surface area (Å²) in [5, 5.41) is 9.10. The van der Waals surface area contributed by atoms with Gasteiger partial charge in [-0.1, -0.05) is 48.5 Å². The molecule has 20 heteroatoms. The van der Waals surface area contributed by atoms with E-state index in [-0.39, 0.29) is 104 Å². The van der Waals surface area contributed by atoms with Crippen molar-refractivity contribution in [2.45, 2.75) is 202 Å². The van der Waals surface area contributed by atoms with Crippen LogP contribution >= 0.6 is 0 Å². The molecule has 93 heavy (non-hydrogen) atoms. The minimum absolute atomic E-state index is 0.0162. The minimum Gasteiger partial charge on any atom is -0.488 e. The van der Waals surface area contributed by atoms with Gasteiger partial charge in [-0.3, -0.25) is 0 Å². The molecule has 4 aromatic carbocycles. The van der Waals surface area contributed by atoms with Gasteiger partial charge in [0, 0.05) is 0 Å². The van der Waals surface area contributed by atoms with Crippen molar-refractivity contribution in [2.75, 3.05) is 106 Å². The van der Waals surface area contributed by atoms with Crippen molar-refractivity contribution in [3.05, 3.63) is 108 Å². The van der Waals surface area contributed by atoms with E-state index in [9.17, 15) is 9.59 Å². The molecule has 0 bridgehead atoms. The third-order valence-corrected chi connectivity index (χ3v) is 14.3. The summed E-state index contributed by atoms with van der Waals surface area (Å²) in [5.74, 6) is 0.328. The van der Waals surface area contributed by atoms with Crippen LogP contribution in [0.15, 0.2) is 97.1 Å². The molecular weight excluding hydrogens is 1200 g/mol. The highest BCUT2D eigenvalue weighted by atomic mass is 16.6. The Bertz CT molecular complexity index is 2570. The molecule has 4 rings (SSSR count). The largest absolute Gasteiger partial charge is 0.488 e. The topological polar surface area (TPSA) is 211 Å². The van der Waals surface area contributed by atoms with Crippen LogP contribution in [0.3, 0.4) is 0 Å². The van der Waals surface area contributed by atoms with Crippen LogP contribution in [-0.2, 0) is 71.1 Å². The molecule has 0 aliphatic carbocycles. The SMILES string of the molecule is CCOC(=O)c1ccc(-c2ccc(OC(=O)c3ccc(-c4ccc(OC(C)COC(C)COC(C)COC(C)COC(C)COC(C)COC(C)COC(C)COC(C)COC(C)COC(C)COC(C)COC(C)COC(C)COC(C)CO)cc4)cc3)cc2)cc1. The Morgan fingerprint density at radius 1 is 0.280 bits per heavy atom. The molecule has 1 N–H and O–H groups in total. The molecule has 15 unspecified atom stereocenters. The van der Waals surface area contributed by atoms with Crippen molar-refractivity contribution < 1.29 is 95.2 Å². The summed E-state index contributed by atoms with van der Waals surface area (Å²) < 4.78 is 100. The van der Waals surface area contributed by atoms with E-state index >= 15 is 0 Å². The van der Waals surface area contributed by atoms with Crippen LogP contribution in [0.2, 0.25) is 0 Å². The molecule has 4 aromatic rings. The molecule has 0 fully saturated rings. The third-order valence-electron chi connectivity index (χ3n) is 14.3. The van der Waals surface area contributed by atoms with Crippen molar-refractivity contribution in [3.8, 4) is 33.8 Å². The Kier molecular flexibility index (Phi) is 39.3. The molecule has 0 saturated heterocycles. The normalized spacial score (nSPS) is 16.7. The summed E-state index contributed by atoms with van der Waals surface area (Å²) in [5.41, 5.74) is 4.68. The van der Waals surface area contributed by atoms with Gasteiger partial charge in [0.15, 0.2) is 0 Å². The molecule has 15 atom stereocenters. The van der Waals surface area contributed by atoms with Crippen molar-refractivity contribution in [1.82, 2.24) is 0 Å². The van der Waals surface area contributed by atoms with E-state index in [2.05, 4.69) is 0 Å². The number of aliphatic hydroxyl groups excluding tert-OH is 1. The first-order valence-corrected chi connectivity index (χ1v) is 33.2. The summed E-state index contributed by atoms with van der Waals surface area (Å²) in [4.78, 5) is 25.0. The minimum atomic E-state index is -0.458. The van der Waals surface area contributed by atoms with E-state index in [0.29, 0.717) is 116 Å². The molecular formula is C73H112O20. The summed E-state index contributed by atoms with van der Waals surface area (Å²) in [7, 11) is 0. The quantitative estimate of drug-likeness (QED) is 0.0322. The van der Waals surface area contributed by atoms with Gasteiger partial charge in [-0.25, -0.2) is 9.59 Å². The highest BCUT2D eigenvalue weighted by Gasteiger charge is 2.19. The zero-order valence-electron chi connectivity index (χ0n) is 58.4. The van der Waals surface area contributed by atoms with Gasteiger partial charge < -0.3 is 85.6 Å². The number of aliphatic hydroxyl groups is 1. The average molecular weight is 1310 g/mol. The summed E-state index contributed by atoms with van der Waals surface area (Å²) >= 11 is 0. The highest BCUT2D eigenvalue weighted by molar-refractivity contribution is 5.92. The van der Waals surface area contributed by atoms with E-state index in [4.69, 9.17) is 85.6 Å². The Labute approximate surface area is 555 Å². The lowest BCUT2D eigenvalue weighted by atomic mass is 10.0. The fourth-order valence-electron chi connectivity index (χ4n) is 8.56. The van der Waals surface area contributed by atoms with E-state index < -0.39 is 5.97 Å². The van der Waals surface area contributed by atoms with Crippen molar-refractivity contribution in [2.24, 2.45) is 0 Å². The van der Waals surface area contributed by atoms with Gasteiger partial charge in [0.25, 0.3) is 0 Å². The number of ether oxygens (including phenoxy) is 17. The van der Waals surface area contributed by atoms with Gasteiger partial charge in [-0.2, -0.15) is 0 Å². The van der Waals surface area contributed by atoms with Gasteiger partial charge in [-0.15, -0.1) is 0 Å². The smallest absolute Gasteiger partial charge is 0.343 e. The second kappa shape index (κ2) is 45.5. The summed E-state index contributed by atoms with van der Waals surface area (Å²) in [6, 6.07) is 29.5. The van der Waals surface area contributed by atoms with E-state index in [1.165, 1.54) is 0 Å². The number of rotatable bonds is 51. The van der Waals surface area contributed by atoms with E-state index in [1.54, 1.807) is 43.3 Å². The predicted molar refractivity (Wildman–Crippen MR) is 358 cm³/mol. The molecule has 0 aromatic heterocycles. The molecule has 20 nitrogen and oxygen atoms in total. The van der Waals surface area contributed by atoms with Crippen LogP contribution in [0.5, 0.6) is 11.5 Å². The predicted octanol–water partition coefficient (Wildman–Crippen LogP) is 11.8. The zero-order valence-corrected chi connectivity index (χ0v) is 58.4. The first kappa shape index (κ1) is 80.5. The first-order chi connectivity index (χ1) is 44.5.